The number of nitrogens with zero attached hydrogens (tertiary/aromatic N) is 1. The van der Waals surface area contributed by atoms with Crippen molar-refractivity contribution in [2.24, 2.45) is 5.34 Å². The first kappa shape index (κ1) is 39.3. The summed E-state index contributed by atoms with van der Waals surface area (Å²) in [4.78, 5) is 26.3. The maximum Gasteiger partial charge on any atom is 4.00 e. The zero-order chi connectivity index (χ0) is 7.86. The molecule has 82 valence electrons. The fourth-order valence-corrected chi connectivity index (χ4v) is 0. The van der Waals surface area contributed by atoms with Gasteiger partial charge in [0.05, 0.1) is 0 Å². The number of carbonyl (C=O) groups is 2. The molecule has 9 nitrogen and oxygen atoms in total. The number of hydrogen-bond acceptors (Lipinski definition) is 6. The number of carboxylic acid groups (broad SMARTS) is 2. The van der Waals surface area contributed by atoms with E-state index >= 15 is 0 Å². The van der Waals surface area contributed by atoms with Crippen LogP contribution in [0.15, 0.2) is 5.34 Å². The predicted molar refractivity (Wildman–Crippen MR) is 32.9 cm³/mol. The Labute approximate surface area is 97.6 Å². The summed E-state index contributed by atoms with van der Waals surface area (Å²) < 4.78 is 0. The molecule has 0 saturated heterocycles. The van der Waals surface area contributed by atoms with Gasteiger partial charge in [-0.25, -0.2) is 9.59 Å². The Bertz CT molecular complexity index is 121. The third kappa shape index (κ3) is 86.4. The van der Waals surface area contributed by atoms with Crippen LogP contribution in [0.1, 0.15) is 0 Å². The van der Waals surface area contributed by atoms with Crippen molar-refractivity contribution >= 4 is 11.9 Å². The van der Waals surface area contributed by atoms with E-state index in [0.717, 1.165) is 0 Å². The summed E-state index contributed by atoms with van der Waals surface area (Å²) in [6.07, 6.45) is 0. The van der Waals surface area contributed by atoms with E-state index in [9.17, 15) is 0 Å². The number of halogens is 1. The molecule has 0 atom stereocenters. The Hall–Kier alpha value is -0.572. The summed E-state index contributed by atoms with van der Waals surface area (Å²) in [6.45, 7) is 0. The van der Waals surface area contributed by atoms with Crippen LogP contribution in [0, 0.1) is 4.91 Å². The number of aliphatic carboxylic acids is 2. The molecule has 0 fully saturated rings. The molecule has 0 rings (SSSR count). The van der Waals surface area contributed by atoms with Crippen molar-refractivity contribution in [1.29, 1.82) is 0 Å². The van der Waals surface area contributed by atoms with E-state index in [1.807, 2.05) is 0 Å². The Morgan fingerprint density at radius 2 is 1.08 bits per heavy atom. The molecule has 0 aromatic carbocycles. The van der Waals surface area contributed by atoms with Crippen LogP contribution in [0.5, 0.6) is 0 Å². The van der Waals surface area contributed by atoms with Gasteiger partial charge < -0.3 is 44.7 Å². The van der Waals surface area contributed by atoms with Gasteiger partial charge in [0, 0.05) is 0 Å². The van der Waals surface area contributed by atoms with Crippen molar-refractivity contribution in [2.45, 2.75) is 0 Å². The molecule has 11 heteroatoms. The Balaban J connectivity index is -0.0000000160. The Morgan fingerprint density at radius 3 is 1.08 bits per heavy atom. The van der Waals surface area contributed by atoms with Crippen LogP contribution >= 0.6 is 0 Å². The molecule has 0 aliphatic rings. The SMILES string of the molecule is N.N.O=C(O)C(=O)O.O=NO.[Br-].[Pt+4]. The molecular weight excluding hydrogens is 437 g/mol. The van der Waals surface area contributed by atoms with E-state index in [-0.39, 0.29) is 50.3 Å². The largest absolute Gasteiger partial charge is 4.00 e. The fourth-order valence-electron chi connectivity index (χ4n) is 0. The van der Waals surface area contributed by atoms with Crippen molar-refractivity contribution in [3.8, 4) is 0 Å². The van der Waals surface area contributed by atoms with Crippen molar-refractivity contribution < 1.29 is 63.1 Å². The molecule has 13 heavy (non-hydrogen) atoms. The van der Waals surface area contributed by atoms with E-state index in [1.165, 1.54) is 5.34 Å². The molecular formula is C2H9BrN3O6Pt+3. The molecule has 0 radical (unpaired) electrons. The average Bonchev–Trinajstić information content (AvgIpc) is 1.68. The van der Waals surface area contributed by atoms with Gasteiger partial charge in [0.15, 0.2) is 5.34 Å². The first-order valence-electron chi connectivity index (χ1n) is 1.49. The van der Waals surface area contributed by atoms with Gasteiger partial charge in [-0.15, -0.1) is 4.91 Å². The molecule has 0 saturated carbocycles. The Kier molecular flexibility index (Phi) is 90.9. The molecule has 0 amide bonds. The normalized spacial score (nSPS) is 4.31. The summed E-state index contributed by atoms with van der Waals surface area (Å²) in [5, 5.41) is 22.7. The third-order valence-corrected chi connectivity index (χ3v) is 0.183. The van der Waals surface area contributed by atoms with Crippen molar-refractivity contribution in [3.05, 3.63) is 4.91 Å². The topological polar surface area (TPSA) is 194 Å². The van der Waals surface area contributed by atoms with Gasteiger partial charge in [-0.1, -0.05) is 0 Å². The second-order valence-corrected chi connectivity index (χ2v) is 0.692. The minimum atomic E-state index is -1.82. The second kappa shape index (κ2) is 30.1. The molecule has 0 aromatic rings. The standard InChI is InChI=1S/C2H2O4.BrH.HNO2.2H3N.Pt/c3-1(4)2(5)6;;2-1-3;;;/h(H,3,4)(H,5,6);1H;(H,2,3);2*1H3;/q;;;;;+4/p-1. The van der Waals surface area contributed by atoms with Crippen LogP contribution in [0.4, 0.5) is 0 Å². The average molecular weight is 446 g/mol. The maximum absolute atomic E-state index is 9.10. The van der Waals surface area contributed by atoms with Gasteiger partial charge in [-0.2, -0.15) is 0 Å². The van der Waals surface area contributed by atoms with E-state index in [0.29, 0.717) is 0 Å². The van der Waals surface area contributed by atoms with Crippen LogP contribution in [0.2, 0.25) is 0 Å². The smallest absolute Gasteiger partial charge is 1.00 e. The van der Waals surface area contributed by atoms with Gasteiger partial charge in [0.1, 0.15) is 0 Å². The molecule has 0 aromatic heterocycles. The fraction of sp³-hybridized carbons (Fsp3) is 0. The minimum absolute atomic E-state index is 0. The second-order valence-electron chi connectivity index (χ2n) is 0.692. The zero-order valence-corrected chi connectivity index (χ0v) is 9.98. The van der Waals surface area contributed by atoms with Gasteiger partial charge >= 0.3 is 33.0 Å². The number of hydrogen-bond donors (Lipinski definition) is 5. The minimum Gasteiger partial charge on any atom is -1.00 e. The molecule has 0 bridgehead atoms. The predicted octanol–water partition coefficient (Wildman–Crippen LogP) is -3.38. The van der Waals surface area contributed by atoms with Gasteiger partial charge in [-0.05, 0) is 0 Å². The summed E-state index contributed by atoms with van der Waals surface area (Å²) in [5.41, 5.74) is 0. The van der Waals surface area contributed by atoms with Crippen molar-refractivity contribution in [1.82, 2.24) is 12.3 Å². The van der Waals surface area contributed by atoms with Crippen LogP contribution < -0.4 is 29.3 Å². The molecule has 0 spiro atoms. The monoisotopic (exact) mass is 445 g/mol. The third-order valence-electron chi connectivity index (χ3n) is 0.183. The molecule has 0 aliphatic carbocycles. The van der Waals surface area contributed by atoms with Gasteiger partial charge in [0.25, 0.3) is 0 Å². The van der Waals surface area contributed by atoms with E-state index in [1.54, 1.807) is 0 Å². The van der Waals surface area contributed by atoms with E-state index in [4.69, 9.17) is 29.9 Å². The first-order valence-corrected chi connectivity index (χ1v) is 1.49. The zero-order valence-electron chi connectivity index (χ0n) is 6.12. The molecule has 9 N–H and O–H groups in total. The number of carboxylic acids is 2. The first-order chi connectivity index (χ1) is 4.06. The summed E-state index contributed by atoms with van der Waals surface area (Å²) in [7, 11) is 0. The van der Waals surface area contributed by atoms with Crippen LogP contribution in [-0.4, -0.2) is 27.4 Å². The number of rotatable bonds is 0. The van der Waals surface area contributed by atoms with E-state index < -0.39 is 11.9 Å². The maximum atomic E-state index is 9.10. The van der Waals surface area contributed by atoms with Gasteiger partial charge in [0.2, 0.25) is 0 Å². The Morgan fingerprint density at radius 1 is 1.00 bits per heavy atom. The summed E-state index contributed by atoms with van der Waals surface area (Å²) >= 11 is 0. The molecule has 0 aliphatic heterocycles. The van der Waals surface area contributed by atoms with Gasteiger partial charge in [-0.3, -0.25) is 0 Å². The van der Waals surface area contributed by atoms with Crippen molar-refractivity contribution in [3.63, 3.8) is 0 Å². The molecule has 0 unspecified atom stereocenters. The quantitative estimate of drug-likeness (QED) is 0.144. The van der Waals surface area contributed by atoms with Crippen LogP contribution in [-0.2, 0) is 30.7 Å². The van der Waals surface area contributed by atoms with Crippen LogP contribution in [0.3, 0.4) is 0 Å². The molecule has 0 heterocycles. The summed E-state index contributed by atoms with van der Waals surface area (Å²) in [6, 6.07) is 0. The van der Waals surface area contributed by atoms with E-state index in [2.05, 4.69) is 0 Å². The van der Waals surface area contributed by atoms with Crippen molar-refractivity contribution in [2.75, 3.05) is 0 Å². The van der Waals surface area contributed by atoms with Crippen LogP contribution in [0.25, 0.3) is 0 Å². The summed E-state index contributed by atoms with van der Waals surface area (Å²) in [5.74, 6) is -3.65.